The number of nitrogens with one attached hydrogen (secondary N) is 1. The Labute approximate surface area is 124 Å². The first-order valence-electron chi connectivity index (χ1n) is 6.65. The average molecular weight is 352 g/mol. The van der Waals surface area contributed by atoms with Crippen LogP contribution in [-0.4, -0.2) is 18.8 Å². The van der Waals surface area contributed by atoms with Crippen LogP contribution < -0.4 is 10.1 Å². The number of rotatable bonds is 7. The second-order valence-electron chi connectivity index (χ2n) is 4.97. The van der Waals surface area contributed by atoms with Crippen molar-refractivity contribution >= 4 is 15.9 Å². The number of benzene rings is 1. The Hall–Kier alpha value is -0.750. The molecular formula is C14H17BrF3NO. The van der Waals surface area contributed by atoms with Crippen molar-refractivity contribution in [3.63, 3.8) is 0 Å². The maximum absolute atomic E-state index is 12.1. The summed E-state index contributed by atoms with van der Waals surface area (Å²) in [7, 11) is 0. The van der Waals surface area contributed by atoms with Gasteiger partial charge in [-0.05, 0) is 37.5 Å². The highest BCUT2D eigenvalue weighted by Crippen LogP contribution is 2.26. The van der Waals surface area contributed by atoms with E-state index in [2.05, 4.69) is 21.2 Å². The summed E-state index contributed by atoms with van der Waals surface area (Å²) in [5, 5.41) is 3.37. The molecular weight excluding hydrogens is 335 g/mol. The fourth-order valence-electron chi connectivity index (χ4n) is 1.82. The van der Waals surface area contributed by atoms with Crippen molar-refractivity contribution in [3.8, 4) is 5.75 Å². The zero-order valence-electron chi connectivity index (χ0n) is 11.0. The van der Waals surface area contributed by atoms with Gasteiger partial charge in [0.2, 0.25) is 0 Å². The molecule has 112 valence electrons. The number of halogens is 4. The SMILES string of the molecule is FC(F)(F)CCCOc1ccc(Br)cc1CNC1CC1. The summed E-state index contributed by atoms with van der Waals surface area (Å²) in [5.41, 5.74) is 0.971. The summed E-state index contributed by atoms with van der Waals surface area (Å²) in [5.74, 6) is 0.656. The fourth-order valence-corrected chi connectivity index (χ4v) is 2.23. The zero-order chi connectivity index (χ0) is 14.6. The standard InChI is InChI=1S/C14H17BrF3NO/c15-11-2-5-13(20-7-1-6-14(16,17)18)10(8-11)9-19-12-3-4-12/h2,5,8,12,19H,1,3-4,6-7,9H2. The summed E-state index contributed by atoms with van der Waals surface area (Å²) < 4.78 is 42.6. The molecule has 0 radical (unpaired) electrons. The molecule has 0 heterocycles. The molecule has 0 aromatic heterocycles. The molecule has 0 aliphatic heterocycles. The molecule has 1 aliphatic carbocycles. The highest BCUT2D eigenvalue weighted by molar-refractivity contribution is 9.10. The van der Waals surface area contributed by atoms with E-state index in [4.69, 9.17) is 4.74 Å². The Balaban J connectivity index is 1.85. The smallest absolute Gasteiger partial charge is 0.389 e. The van der Waals surface area contributed by atoms with E-state index in [0.717, 1.165) is 10.0 Å². The predicted molar refractivity (Wildman–Crippen MR) is 74.8 cm³/mol. The van der Waals surface area contributed by atoms with E-state index in [1.807, 2.05) is 12.1 Å². The minimum absolute atomic E-state index is 0.0188. The molecule has 1 saturated carbocycles. The van der Waals surface area contributed by atoms with Gasteiger partial charge in [-0.2, -0.15) is 13.2 Å². The molecule has 0 atom stereocenters. The van der Waals surface area contributed by atoms with Gasteiger partial charge in [0.15, 0.2) is 0 Å². The number of hydrogen-bond donors (Lipinski definition) is 1. The van der Waals surface area contributed by atoms with E-state index in [9.17, 15) is 13.2 Å². The van der Waals surface area contributed by atoms with E-state index in [0.29, 0.717) is 18.3 Å². The molecule has 2 nitrogen and oxygen atoms in total. The number of hydrogen-bond acceptors (Lipinski definition) is 2. The summed E-state index contributed by atoms with van der Waals surface area (Å²) in [6.45, 7) is 0.760. The fraction of sp³-hybridized carbons (Fsp3) is 0.571. The van der Waals surface area contributed by atoms with Crippen molar-refractivity contribution < 1.29 is 17.9 Å². The molecule has 1 aromatic rings. The summed E-state index contributed by atoms with van der Waals surface area (Å²) >= 11 is 3.39. The molecule has 20 heavy (non-hydrogen) atoms. The van der Waals surface area contributed by atoms with Crippen molar-refractivity contribution in [1.82, 2.24) is 5.32 Å². The Kier molecular flexibility index (Phi) is 5.32. The summed E-state index contributed by atoms with van der Waals surface area (Å²) in [6, 6.07) is 6.14. The van der Waals surface area contributed by atoms with Crippen LogP contribution in [0.4, 0.5) is 13.2 Å². The second kappa shape index (κ2) is 6.80. The van der Waals surface area contributed by atoms with Crippen LogP contribution in [0.15, 0.2) is 22.7 Å². The lowest BCUT2D eigenvalue weighted by atomic mass is 10.2. The van der Waals surface area contributed by atoms with E-state index in [1.54, 1.807) is 6.07 Å². The van der Waals surface area contributed by atoms with Crippen LogP contribution in [0, 0.1) is 0 Å². The number of alkyl halides is 3. The van der Waals surface area contributed by atoms with Crippen molar-refractivity contribution in [2.45, 2.75) is 44.4 Å². The molecule has 1 fully saturated rings. The predicted octanol–water partition coefficient (Wildman–Crippen LogP) is 4.42. The topological polar surface area (TPSA) is 21.3 Å². The van der Waals surface area contributed by atoms with Crippen LogP contribution in [-0.2, 0) is 6.54 Å². The van der Waals surface area contributed by atoms with Crippen molar-refractivity contribution in [2.24, 2.45) is 0 Å². The van der Waals surface area contributed by atoms with E-state index in [1.165, 1.54) is 12.8 Å². The van der Waals surface area contributed by atoms with Gasteiger partial charge in [-0.1, -0.05) is 15.9 Å². The molecule has 1 aliphatic rings. The third-order valence-electron chi connectivity index (χ3n) is 3.04. The molecule has 0 unspecified atom stereocenters. The van der Waals surface area contributed by atoms with Crippen LogP contribution in [0.5, 0.6) is 5.75 Å². The van der Waals surface area contributed by atoms with Gasteiger partial charge in [-0.15, -0.1) is 0 Å². The van der Waals surface area contributed by atoms with Gasteiger partial charge in [-0.3, -0.25) is 0 Å². The molecule has 0 bridgehead atoms. The average Bonchev–Trinajstić information content (AvgIpc) is 3.16. The maximum Gasteiger partial charge on any atom is 0.389 e. The van der Waals surface area contributed by atoms with Crippen LogP contribution >= 0.6 is 15.9 Å². The zero-order valence-corrected chi connectivity index (χ0v) is 12.6. The Bertz CT molecular complexity index is 447. The summed E-state index contributed by atoms with van der Waals surface area (Å²) in [6.07, 6.45) is -2.56. The maximum atomic E-state index is 12.1. The van der Waals surface area contributed by atoms with Crippen molar-refractivity contribution in [1.29, 1.82) is 0 Å². The number of ether oxygens (including phenoxy) is 1. The van der Waals surface area contributed by atoms with Crippen LogP contribution in [0.2, 0.25) is 0 Å². The quantitative estimate of drug-likeness (QED) is 0.734. The van der Waals surface area contributed by atoms with Crippen molar-refractivity contribution in [3.05, 3.63) is 28.2 Å². The van der Waals surface area contributed by atoms with E-state index < -0.39 is 12.6 Å². The Morgan fingerprint density at radius 1 is 1.30 bits per heavy atom. The van der Waals surface area contributed by atoms with E-state index in [-0.39, 0.29) is 13.0 Å². The Morgan fingerprint density at radius 3 is 2.70 bits per heavy atom. The highest BCUT2D eigenvalue weighted by Gasteiger charge is 2.26. The Morgan fingerprint density at radius 2 is 2.05 bits per heavy atom. The van der Waals surface area contributed by atoms with Gasteiger partial charge >= 0.3 is 6.18 Å². The van der Waals surface area contributed by atoms with Gasteiger partial charge in [-0.25, -0.2) is 0 Å². The molecule has 2 rings (SSSR count). The first kappa shape index (κ1) is 15.6. The van der Waals surface area contributed by atoms with Gasteiger partial charge in [0.05, 0.1) is 6.61 Å². The first-order chi connectivity index (χ1) is 9.44. The normalized spacial score (nSPS) is 15.4. The third-order valence-corrected chi connectivity index (χ3v) is 3.54. The lowest BCUT2D eigenvalue weighted by Crippen LogP contribution is -2.16. The molecule has 6 heteroatoms. The lowest BCUT2D eigenvalue weighted by molar-refractivity contribution is -0.136. The molecule has 0 spiro atoms. The monoisotopic (exact) mass is 351 g/mol. The van der Waals surface area contributed by atoms with Gasteiger partial charge in [0.1, 0.15) is 5.75 Å². The molecule has 0 saturated heterocycles. The van der Waals surface area contributed by atoms with E-state index >= 15 is 0 Å². The van der Waals surface area contributed by atoms with Crippen LogP contribution in [0.3, 0.4) is 0 Å². The summed E-state index contributed by atoms with van der Waals surface area (Å²) in [4.78, 5) is 0. The molecule has 1 N–H and O–H groups in total. The molecule has 1 aromatic carbocycles. The van der Waals surface area contributed by atoms with Gasteiger partial charge in [0.25, 0.3) is 0 Å². The second-order valence-corrected chi connectivity index (χ2v) is 5.89. The van der Waals surface area contributed by atoms with Gasteiger partial charge in [0, 0.05) is 29.0 Å². The van der Waals surface area contributed by atoms with Crippen molar-refractivity contribution in [2.75, 3.05) is 6.61 Å². The molecule has 0 amide bonds. The third kappa shape index (κ3) is 5.71. The van der Waals surface area contributed by atoms with Crippen LogP contribution in [0.25, 0.3) is 0 Å². The minimum atomic E-state index is -4.11. The minimum Gasteiger partial charge on any atom is -0.493 e. The largest absolute Gasteiger partial charge is 0.493 e. The highest BCUT2D eigenvalue weighted by atomic mass is 79.9. The first-order valence-corrected chi connectivity index (χ1v) is 7.45. The lowest BCUT2D eigenvalue weighted by Gasteiger charge is -2.13. The van der Waals surface area contributed by atoms with Gasteiger partial charge < -0.3 is 10.1 Å². The van der Waals surface area contributed by atoms with Crippen LogP contribution in [0.1, 0.15) is 31.2 Å².